The van der Waals surface area contributed by atoms with Gasteiger partial charge in [-0.25, -0.2) is 9.59 Å². The maximum absolute atomic E-state index is 12.4. The number of thioether (sulfide) groups is 1. The van der Waals surface area contributed by atoms with E-state index in [1.165, 1.54) is 30.0 Å². The van der Waals surface area contributed by atoms with Crippen LogP contribution in [0.4, 0.5) is 0 Å². The summed E-state index contributed by atoms with van der Waals surface area (Å²) in [6.45, 7) is 0. The van der Waals surface area contributed by atoms with Gasteiger partial charge in [0.05, 0.1) is 6.42 Å². The molecule has 0 saturated carbocycles. The van der Waals surface area contributed by atoms with Gasteiger partial charge in [-0.3, -0.25) is 4.79 Å². The minimum atomic E-state index is -1.12. The second kappa shape index (κ2) is 9.29. The predicted octanol–water partition coefficient (Wildman–Crippen LogP) is 2.54. The average molecular weight is 413 g/mol. The Morgan fingerprint density at radius 3 is 2.59 bits per heavy atom. The van der Waals surface area contributed by atoms with Crippen molar-refractivity contribution in [1.82, 2.24) is 5.32 Å². The number of aromatic hydroxyl groups is 1. The molecule has 0 fully saturated rings. The molecule has 0 unspecified atom stereocenters. The molecule has 3 rings (SSSR count). The third-order valence-corrected chi connectivity index (χ3v) is 5.30. The summed E-state index contributed by atoms with van der Waals surface area (Å²) in [7, 11) is 0. The lowest BCUT2D eigenvalue weighted by molar-refractivity contribution is -0.141. The third kappa shape index (κ3) is 5.61. The number of aliphatic carboxylic acids is 1. The van der Waals surface area contributed by atoms with Crippen LogP contribution in [0.25, 0.3) is 11.0 Å². The molecule has 1 amide bonds. The van der Waals surface area contributed by atoms with E-state index < -0.39 is 23.5 Å². The van der Waals surface area contributed by atoms with Crippen LogP contribution in [0.3, 0.4) is 0 Å². The lowest BCUT2D eigenvalue weighted by Crippen LogP contribution is -2.43. The van der Waals surface area contributed by atoms with Crippen LogP contribution < -0.4 is 10.9 Å². The van der Waals surface area contributed by atoms with Crippen molar-refractivity contribution in [2.75, 3.05) is 5.75 Å². The van der Waals surface area contributed by atoms with E-state index in [0.29, 0.717) is 16.7 Å². The number of carbonyl (C=O) groups excluding carboxylic acids is 1. The monoisotopic (exact) mass is 413 g/mol. The minimum Gasteiger partial charge on any atom is -0.508 e. The van der Waals surface area contributed by atoms with Crippen LogP contribution in [-0.4, -0.2) is 33.9 Å². The zero-order chi connectivity index (χ0) is 20.8. The second-order valence-electron chi connectivity index (χ2n) is 6.41. The molecule has 29 heavy (non-hydrogen) atoms. The molecule has 8 heteroatoms. The van der Waals surface area contributed by atoms with Crippen molar-refractivity contribution < 1.29 is 24.2 Å². The zero-order valence-electron chi connectivity index (χ0n) is 15.3. The van der Waals surface area contributed by atoms with E-state index in [2.05, 4.69) is 5.32 Å². The number of carboxylic acids is 1. The number of benzene rings is 2. The molecule has 0 aliphatic rings. The average Bonchev–Trinajstić information content (AvgIpc) is 2.67. The number of fused-ring (bicyclic) bond motifs is 1. The van der Waals surface area contributed by atoms with Crippen molar-refractivity contribution in [3.8, 4) is 5.75 Å². The van der Waals surface area contributed by atoms with Crippen LogP contribution in [0.1, 0.15) is 11.1 Å². The first-order valence-electron chi connectivity index (χ1n) is 8.82. The summed E-state index contributed by atoms with van der Waals surface area (Å²) in [5.74, 6) is -0.863. The summed E-state index contributed by atoms with van der Waals surface area (Å²) in [4.78, 5) is 35.7. The smallest absolute Gasteiger partial charge is 0.336 e. The predicted molar refractivity (Wildman–Crippen MR) is 110 cm³/mol. The molecule has 2 aromatic carbocycles. The number of hydrogen-bond acceptors (Lipinski definition) is 6. The van der Waals surface area contributed by atoms with Gasteiger partial charge in [-0.15, -0.1) is 0 Å². The summed E-state index contributed by atoms with van der Waals surface area (Å²) in [6, 6.07) is 14.0. The van der Waals surface area contributed by atoms with Crippen molar-refractivity contribution in [3.63, 3.8) is 0 Å². The van der Waals surface area contributed by atoms with Crippen molar-refractivity contribution in [3.05, 3.63) is 76.1 Å². The lowest BCUT2D eigenvalue weighted by atomic mass is 10.1. The van der Waals surface area contributed by atoms with E-state index in [0.717, 1.165) is 5.56 Å². The number of phenolic OH excluding ortho intramolecular Hbond substituents is 1. The highest BCUT2D eigenvalue weighted by Gasteiger charge is 2.21. The first kappa shape index (κ1) is 20.5. The van der Waals surface area contributed by atoms with Crippen LogP contribution in [-0.2, 0) is 21.8 Å². The molecule has 150 valence electrons. The van der Waals surface area contributed by atoms with Crippen molar-refractivity contribution in [2.45, 2.75) is 18.2 Å². The first-order valence-corrected chi connectivity index (χ1v) is 9.97. The van der Waals surface area contributed by atoms with Crippen LogP contribution >= 0.6 is 11.8 Å². The lowest BCUT2D eigenvalue weighted by Gasteiger charge is -2.15. The number of carboxylic acid groups (broad SMARTS) is 1. The molecule has 1 aromatic heterocycles. The van der Waals surface area contributed by atoms with E-state index in [-0.39, 0.29) is 23.5 Å². The molecule has 0 spiro atoms. The number of phenols is 1. The molecule has 7 nitrogen and oxygen atoms in total. The van der Waals surface area contributed by atoms with Crippen molar-refractivity contribution in [2.24, 2.45) is 0 Å². The van der Waals surface area contributed by atoms with E-state index in [1.807, 2.05) is 30.3 Å². The Bertz CT molecular complexity index is 1080. The van der Waals surface area contributed by atoms with Gasteiger partial charge >= 0.3 is 11.6 Å². The SMILES string of the molecule is O=C(Cc1cc(=O)oc2cc(O)ccc12)N[C@H](CSCc1ccccc1)C(=O)O. The number of rotatable bonds is 8. The van der Waals surface area contributed by atoms with Crippen LogP contribution in [0, 0.1) is 0 Å². The Labute approximate surface area is 170 Å². The summed E-state index contributed by atoms with van der Waals surface area (Å²) in [6.07, 6.45) is -0.181. The summed E-state index contributed by atoms with van der Waals surface area (Å²) in [5, 5.41) is 21.9. The normalized spacial score (nSPS) is 11.9. The molecule has 0 radical (unpaired) electrons. The zero-order valence-corrected chi connectivity index (χ0v) is 16.1. The topological polar surface area (TPSA) is 117 Å². The van der Waals surface area contributed by atoms with Gasteiger partial charge in [0.1, 0.15) is 17.4 Å². The molecule has 1 atom stereocenters. The van der Waals surface area contributed by atoms with Crippen LogP contribution in [0.2, 0.25) is 0 Å². The molecule has 3 N–H and O–H groups in total. The first-order chi connectivity index (χ1) is 13.9. The Hall–Kier alpha value is -3.26. The van der Waals surface area contributed by atoms with Gasteiger partial charge in [-0.2, -0.15) is 11.8 Å². The summed E-state index contributed by atoms with van der Waals surface area (Å²) < 4.78 is 5.03. The van der Waals surface area contributed by atoms with Gasteiger partial charge in [-0.1, -0.05) is 30.3 Å². The molecule has 0 aliphatic heterocycles. The van der Waals surface area contributed by atoms with Gasteiger partial charge < -0.3 is 19.9 Å². The fraction of sp³-hybridized carbons (Fsp3) is 0.190. The Kier molecular flexibility index (Phi) is 6.56. The molecule has 0 bridgehead atoms. The number of nitrogens with one attached hydrogen (secondary N) is 1. The van der Waals surface area contributed by atoms with E-state index in [1.54, 1.807) is 6.07 Å². The van der Waals surface area contributed by atoms with E-state index in [4.69, 9.17) is 4.42 Å². The van der Waals surface area contributed by atoms with Gasteiger partial charge in [0, 0.05) is 29.0 Å². The molecular weight excluding hydrogens is 394 g/mol. The van der Waals surface area contributed by atoms with E-state index in [9.17, 15) is 24.6 Å². The second-order valence-corrected chi connectivity index (χ2v) is 7.44. The molecule has 0 aliphatic carbocycles. The van der Waals surface area contributed by atoms with E-state index >= 15 is 0 Å². The summed E-state index contributed by atoms with van der Waals surface area (Å²) >= 11 is 1.41. The highest BCUT2D eigenvalue weighted by atomic mass is 32.2. The summed E-state index contributed by atoms with van der Waals surface area (Å²) in [5.41, 5.74) is 0.973. The standard InChI is InChI=1S/C21H19NO6S/c23-15-6-7-16-14(9-20(25)28-18(16)10-15)8-19(24)22-17(21(26)27)12-29-11-13-4-2-1-3-5-13/h1-7,9-10,17,23H,8,11-12H2,(H,22,24)(H,26,27)/t17-/m1/s1. The Balaban J connectivity index is 1.65. The highest BCUT2D eigenvalue weighted by Crippen LogP contribution is 2.22. The fourth-order valence-corrected chi connectivity index (χ4v) is 3.83. The van der Waals surface area contributed by atoms with Crippen molar-refractivity contribution >= 4 is 34.6 Å². The minimum absolute atomic E-state index is 0.0661. The number of carbonyl (C=O) groups is 2. The molecular formula is C21H19NO6S. The highest BCUT2D eigenvalue weighted by molar-refractivity contribution is 7.98. The van der Waals surface area contributed by atoms with Gasteiger partial charge in [0.25, 0.3) is 0 Å². The number of amides is 1. The third-order valence-electron chi connectivity index (χ3n) is 4.19. The molecule has 3 aromatic rings. The largest absolute Gasteiger partial charge is 0.508 e. The maximum atomic E-state index is 12.4. The van der Waals surface area contributed by atoms with Crippen LogP contribution in [0.15, 0.2) is 63.8 Å². The van der Waals surface area contributed by atoms with Crippen molar-refractivity contribution in [1.29, 1.82) is 0 Å². The van der Waals surface area contributed by atoms with Gasteiger partial charge in [0.15, 0.2) is 0 Å². The quantitative estimate of drug-likeness (QED) is 0.486. The number of hydrogen-bond donors (Lipinski definition) is 3. The molecule has 0 saturated heterocycles. The van der Waals surface area contributed by atoms with Gasteiger partial charge in [0.2, 0.25) is 5.91 Å². The van der Waals surface area contributed by atoms with Gasteiger partial charge in [-0.05, 0) is 23.3 Å². The Morgan fingerprint density at radius 1 is 1.10 bits per heavy atom. The van der Waals surface area contributed by atoms with Crippen LogP contribution in [0.5, 0.6) is 5.75 Å². The maximum Gasteiger partial charge on any atom is 0.336 e. The molecule has 1 heterocycles. The fourth-order valence-electron chi connectivity index (χ4n) is 2.83. The Morgan fingerprint density at radius 2 is 1.86 bits per heavy atom.